The molecule has 0 aliphatic heterocycles. The maximum Gasteiger partial charge on any atom is 0.333 e. The number of nitrogens with zero attached hydrogens (tertiary/aromatic N) is 5. The summed E-state index contributed by atoms with van der Waals surface area (Å²) in [5.41, 5.74) is 6.04. The lowest BCUT2D eigenvalue weighted by Crippen LogP contribution is -2.25. The fraction of sp³-hybridized carbons (Fsp3) is 0.241. The van der Waals surface area contributed by atoms with Crippen LogP contribution in [0.3, 0.4) is 0 Å². The second-order valence-corrected chi connectivity index (χ2v) is 9.44. The Kier molecular flexibility index (Phi) is 6.03. The first-order valence-corrected chi connectivity index (χ1v) is 12.6. The van der Waals surface area contributed by atoms with E-state index in [4.69, 9.17) is 0 Å². The number of aromatic amines is 1. The number of hydrogen-bond donors (Lipinski definition) is 1. The van der Waals surface area contributed by atoms with Crippen LogP contribution in [0.1, 0.15) is 49.3 Å². The predicted octanol–water partition coefficient (Wildman–Crippen LogP) is 5.58. The van der Waals surface area contributed by atoms with Gasteiger partial charge in [0.2, 0.25) is 5.82 Å². The van der Waals surface area contributed by atoms with E-state index in [1.807, 2.05) is 53.1 Å². The standard InChI is InChI=1S/C29H28N6O/c36-29-34(24-14-8-3-9-15-24)20-27(23-12-6-2-7-13-23)35(29)19-21-16-17-25(22-10-4-1-5-11-22)26(18-21)28-30-32-33-31-28/h1,3-5,8-11,14-18,20,23H,2,6-7,12-13,19H2,(H,30,31,32,33). The van der Waals surface area contributed by atoms with Crippen LogP contribution in [-0.4, -0.2) is 29.8 Å². The smallest absolute Gasteiger partial charge is 0.291 e. The molecule has 0 amide bonds. The van der Waals surface area contributed by atoms with Crippen molar-refractivity contribution in [3.63, 3.8) is 0 Å². The molecule has 0 unspecified atom stereocenters. The first kappa shape index (κ1) is 22.2. The van der Waals surface area contributed by atoms with Crippen molar-refractivity contribution in [1.29, 1.82) is 0 Å². The van der Waals surface area contributed by atoms with Gasteiger partial charge in [-0.05, 0) is 52.9 Å². The molecule has 180 valence electrons. The van der Waals surface area contributed by atoms with Crippen molar-refractivity contribution in [2.45, 2.75) is 44.6 Å². The summed E-state index contributed by atoms with van der Waals surface area (Å²) in [7, 11) is 0. The van der Waals surface area contributed by atoms with E-state index in [1.54, 1.807) is 4.57 Å². The van der Waals surface area contributed by atoms with Crippen molar-refractivity contribution >= 4 is 0 Å². The Morgan fingerprint density at radius 1 is 0.861 bits per heavy atom. The van der Waals surface area contributed by atoms with Crippen LogP contribution < -0.4 is 5.69 Å². The molecule has 7 heteroatoms. The van der Waals surface area contributed by atoms with Crippen molar-refractivity contribution in [3.8, 4) is 28.2 Å². The Balaban J connectivity index is 1.44. The minimum absolute atomic E-state index is 0.00461. The molecule has 2 heterocycles. The lowest BCUT2D eigenvalue weighted by Gasteiger charge is -2.22. The van der Waals surface area contributed by atoms with Gasteiger partial charge in [-0.1, -0.05) is 79.9 Å². The van der Waals surface area contributed by atoms with E-state index in [9.17, 15) is 4.79 Å². The van der Waals surface area contributed by atoms with E-state index in [0.717, 1.165) is 46.5 Å². The molecule has 0 atom stereocenters. The van der Waals surface area contributed by atoms with Gasteiger partial charge in [0, 0.05) is 23.4 Å². The fourth-order valence-electron chi connectivity index (χ4n) is 5.36. The number of aromatic nitrogens is 6. The third kappa shape index (κ3) is 4.28. The summed E-state index contributed by atoms with van der Waals surface area (Å²) in [4.78, 5) is 13.7. The van der Waals surface area contributed by atoms with E-state index in [2.05, 4.69) is 57.2 Å². The van der Waals surface area contributed by atoms with Gasteiger partial charge in [0.25, 0.3) is 0 Å². The lowest BCUT2D eigenvalue weighted by atomic mass is 9.87. The van der Waals surface area contributed by atoms with E-state index in [1.165, 1.54) is 19.3 Å². The van der Waals surface area contributed by atoms with Gasteiger partial charge in [-0.2, -0.15) is 5.21 Å². The van der Waals surface area contributed by atoms with Crippen molar-refractivity contribution in [1.82, 2.24) is 29.8 Å². The molecule has 7 nitrogen and oxygen atoms in total. The van der Waals surface area contributed by atoms with Gasteiger partial charge in [0.1, 0.15) is 0 Å². The third-order valence-corrected chi connectivity index (χ3v) is 7.16. The number of imidazole rings is 1. The maximum absolute atomic E-state index is 13.7. The molecule has 36 heavy (non-hydrogen) atoms. The maximum atomic E-state index is 13.7. The van der Waals surface area contributed by atoms with Crippen LogP contribution in [-0.2, 0) is 6.54 Å². The Morgan fingerprint density at radius 2 is 1.61 bits per heavy atom. The van der Waals surface area contributed by atoms with E-state index in [-0.39, 0.29) is 5.69 Å². The third-order valence-electron chi connectivity index (χ3n) is 7.16. The molecule has 0 bridgehead atoms. The summed E-state index contributed by atoms with van der Waals surface area (Å²) in [5, 5.41) is 14.9. The molecule has 0 saturated heterocycles. The van der Waals surface area contributed by atoms with Crippen molar-refractivity contribution in [2.24, 2.45) is 0 Å². The topological polar surface area (TPSA) is 81.4 Å². The van der Waals surface area contributed by atoms with E-state index < -0.39 is 0 Å². The molecule has 5 aromatic rings. The largest absolute Gasteiger partial charge is 0.333 e. The Labute approximate surface area is 209 Å². The van der Waals surface area contributed by atoms with Gasteiger partial charge in [-0.15, -0.1) is 10.2 Å². The van der Waals surface area contributed by atoms with Crippen molar-refractivity contribution in [3.05, 3.63) is 107 Å². The normalized spacial score (nSPS) is 14.2. The van der Waals surface area contributed by atoms with Crippen molar-refractivity contribution in [2.75, 3.05) is 0 Å². The molecule has 1 saturated carbocycles. The Morgan fingerprint density at radius 3 is 2.33 bits per heavy atom. The number of nitrogens with one attached hydrogen (secondary N) is 1. The second kappa shape index (κ2) is 9.77. The quantitative estimate of drug-likeness (QED) is 0.347. The van der Waals surface area contributed by atoms with Crippen LogP contribution in [0, 0.1) is 0 Å². The number of rotatable bonds is 6. The first-order valence-electron chi connectivity index (χ1n) is 12.6. The lowest BCUT2D eigenvalue weighted by molar-refractivity contribution is 0.425. The highest BCUT2D eigenvalue weighted by Gasteiger charge is 2.23. The molecule has 1 fully saturated rings. The molecule has 2 aromatic heterocycles. The number of benzene rings is 3. The molecular formula is C29H28N6O. The average molecular weight is 477 g/mol. The summed E-state index contributed by atoms with van der Waals surface area (Å²) >= 11 is 0. The Bertz CT molecular complexity index is 1500. The van der Waals surface area contributed by atoms with E-state index in [0.29, 0.717) is 18.3 Å². The molecule has 1 N–H and O–H groups in total. The second-order valence-electron chi connectivity index (χ2n) is 9.44. The Hall–Kier alpha value is -4.26. The van der Waals surface area contributed by atoms with Crippen LogP contribution in [0.4, 0.5) is 0 Å². The van der Waals surface area contributed by atoms with Gasteiger partial charge in [-0.3, -0.25) is 9.13 Å². The number of H-pyrrole nitrogens is 1. The SMILES string of the molecule is O=c1n(-c2ccccc2)cc(C2CCCCC2)n1Cc1ccc(-c2ccccc2)c(-c2nn[nH]n2)c1. The highest BCUT2D eigenvalue weighted by molar-refractivity contribution is 5.80. The summed E-state index contributed by atoms with van der Waals surface area (Å²) in [5.74, 6) is 0.939. The predicted molar refractivity (Wildman–Crippen MR) is 140 cm³/mol. The van der Waals surface area contributed by atoms with Crippen LogP contribution in [0.15, 0.2) is 89.9 Å². The zero-order chi connectivity index (χ0) is 24.3. The summed E-state index contributed by atoms with van der Waals surface area (Å²) in [6.45, 7) is 0.490. The highest BCUT2D eigenvalue weighted by Crippen LogP contribution is 2.34. The molecule has 0 radical (unpaired) electrons. The van der Waals surface area contributed by atoms with Crippen molar-refractivity contribution < 1.29 is 0 Å². The van der Waals surface area contributed by atoms with Gasteiger partial charge in [-0.25, -0.2) is 4.79 Å². The number of para-hydroxylation sites is 1. The first-order chi connectivity index (χ1) is 17.8. The molecule has 1 aliphatic rings. The molecule has 6 rings (SSSR count). The number of tetrazole rings is 1. The van der Waals surface area contributed by atoms with Crippen LogP contribution in [0.2, 0.25) is 0 Å². The molecule has 0 spiro atoms. The minimum Gasteiger partial charge on any atom is -0.291 e. The summed E-state index contributed by atoms with van der Waals surface area (Å²) in [6, 6.07) is 26.4. The highest BCUT2D eigenvalue weighted by atomic mass is 16.1. The summed E-state index contributed by atoms with van der Waals surface area (Å²) < 4.78 is 3.75. The monoisotopic (exact) mass is 476 g/mol. The average Bonchev–Trinajstić information content (AvgIpc) is 3.59. The van der Waals surface area contributed by atoms with Crippen LogP contribution >= 0.6 is 0 Å². The molecule has 1 aliphatic carbocycles. The minimum atomic E-state index is -0.00461. The van der Waals surface area contributed by atoms with Crippen LogP contribution in [0.25, 0.3) is 28.2 Å². The number of hydrogen-bond acceptors (Lipinski definition) is 4. The molecular weight excluding hydrogens is 448 g/mol. The van der Waals surface area contributed by atoms with Crippen LogP contribution in [0.5, 0.6) is 0 Å². The van der Waals surface area contributed by atoms with Gasteiger partial charge in [0.15, 0.2) is 0 Å². The zero-order valence-corrected chi connectivity index (χ0v) is 20.0. The van der Waals surface area contributed by atoms with E-state index >= 15 is 0 Å². The zero-order valence-electron chi connectivity index (χ0n) is 20.0. The van der Waals surface area contributed by atoms with Gasteiger partial charge in [0.05, 0.1) is 12.2 Å². The summed E-state index contributed by atoms with van der Waals surface area (Å²) in [6.07, 6.45) is 8.01. The fourth-order valence-corrected chi connectivity index (χ4v) is 5.36. The van der Waals surface area contributed by atoms with Gasteiger partial charge >= 0.3 is 5.69 Å². The van der Waals surface area contributed by atoms with Gasteiger partial charge < -0.3 is 0 Å². The molecule has 3 aromatic carbocycles.